The van der Waals surface area contributed by atoms with Crippen LogP contribution in [0.5, 0.6) is 0 Å². The molecule has 0 bridgehead atoms. The molecule has 2 aliphatic carbocycles. The van der Waals surface area contributed by atoms with Gasteiger partial charge in [-0.3, -0.25) is 4.99 Å². The summed E-state index contributed by atoms with van der Waals surface area (Å²) in [5.41, 5.74) is 3.64. The molecule has 14 heavy (non-hydrogen) atoms. The summed E-state index contributed by atoms with van der Waals surface area (Å²) in [6.07, 6.45) is 8.78. The van der Waals surface area contributed by atoms with Gasteiger partial charge in [0.05, 0.1) is 0 Å². The molecule has 1 fully saturated rings. The molecule has 0 unspecified atom stereocenters. The van der Waals surface area contributed by atoms with Crippen LogP contribution in [0, 0.1) is 5.41 Å². The third kappa shape index (κ3) is 2.46. The minimum Gasteiger partial charge on any atom is -0.266 e. The SMILES string of the molecule is CC.CC=NC1=C(C)CC2(CC1)CC2. The molecule has 0 atom stereocenters. The van der Waals surface area contributed by atoms with E-state index in [1.54, 1.807) is 0 Å². The number of hydrogen-bond acceptors (Lipinski definition) is 1. The van der Waals surface area contributed by atoms with Crippen LogP contribution in [0.4, 0.5) is 0 Å². The summed E-state index contributed by atoms with van der Waals surface area (Å²) in [5, 5.41) is 0. The topological polar surface area (TPSA) is 12.4 Å². The Balaban J connectivity index is 0.000000461. The molecule has 0 aromatic heterocycles. The predicted molar refractivity (Wildman–Crippen MR) is 63.7 cm³/mol. The maximum absolute atomic E-state index is 4.41. The maximum Gasteiger partial charge on any atom is 0.0389 e. The van der Waals surface area contributed by atoms with Crippen molar-refractivity contribution in [2.75, 3.05) is 0 Å². The van der Waals surface area contributed by atoms with Crippen LogP contribution in [0.1, 0.15) is 59.8 Å². The number of allylic oxidation sites excluding steroid dienone is 2. The lowest BCUT2D eigenvalue weighted by molar-refractivity contribution is 0.433. The van der Waals surface area contributed by atoms with E-state index < -0.39 is 0 Å². The van der Waals surface area contributed by atoms with Gasteiger partial charge >= 0.3 is 0 Å². The Kier molecular flexibility index (Phi) is 3.91. The highest BCUT2D eigenvalue weighted by Crippen LogP contribution is 2.57. The van der Waals surface area contributed by atoms with Crippen LogP contribution < -0.4 is 0 Å². The van der Waals surface area contributed by atoms with Crippen molar-refractivity contribution >= 4 is 6.21 Å². The number of nitrogens with zero attached hydrogens (tertiary/aromatic N) is 1. The summed E-state index contributed by atoms with van der Waals surface area (Å²) in [4.78, 5) is 4.41. The molecular weight excluding hydrogens is 170 g/mol. The molecule has 2 aliphatic rings. The van der Waals surface area contributed by atoms with Crippen LogP contribution in [-0.4, -0.2) is 6.21 Å². The highest BCUT2D eigenvalue weighted by atomic mass is 14.7. The molecule has 0 aliphatic heterocycles. The predicted octanol–water partition coefficient (Wildman–Crippen LogP) is 4.34. The maximum atomic E-state index is 4.41. The van der Waals surface area contributed by atoms with E-state index >= 15 is 0 Å². The first-order chi connectivity index (χ1) is 6.76. The molecule has 0 radical (unpaired) electrons. The van der Waals surface area contributed by atoms with Gasteiger partial charge in [0.25, 0.3) is 0 Å². The van der Waals surface area contributed by atoms with E-state index in [4.69, 9.17) is 0 Å². The van der Waals surface area contributed by atoms with E-state index in [1.165, 1.54) is 43.4 Å². The summed E-state index contributed by atoms with van der Waals surface area (Å²) >= 11 is 0. The van der Waals surface area contributed by atoms with Crippen molar-refractivity contribution in [1.82, 2.24) is 0 Å². The Hall–Kier alpha value is -0.590. The molecule has 80 valence electrons. The summed E-state index contributed by atoms with van der Waals surface area (Å²) in [6, 6.07) is 0. The minimum absolute atomic E-state index is 0.747. The first kappa shape index (κ1) is 11.5. The third-order valence-electron chi connectivity index (χ3n) is 3.27. The van der Waals surface area contributed by atoms with E-state index in [-0.39, 0.29) is 0 Å². The van der Waals surface area contributed by atoms with Gasteiger partial charge in [-0.2, -0.15) is 0 Å². The smallest absolute Gasteiger partial charge is 0.0389 e. The van der Waals surface area contributed by atoms with Crippen molar-refractivity contribution < 1.29 is 0 Å². The van der Waals surface area contributed by atoms with Gasteiger partial charge in [0, 0.05) is 11.9 Å². The molecule has 0 saturated heterocycles. The summed E-state index contributed by atoms with van der Waals surface area (Å²) in [7, 11) is 0. The van der Waals surface area contributed by atoms with Crippen LogP contribution in [0.3, 0.4) is 0 Å². The normalized spacial score (nSPS) is 23.7. The average Bonchev–Trinajstić information content (AvgIpc) is 2.94. The number of hydrogen-bond donors (Lipinski definition) is 0. The second-order valence-electron chi connectivity index (χ2n) is 4.29. The van der Waals surface area contributed by atoms with Gasteiger partial charge in [-0.25, -0.2) is 0 Å². The van der Waals surface area contributed by atoms with E-state index in [1.807, 2.05) is 27.0 Å². The molecule has 1 nitrogen and oxygen atoms in total. The van der Waals surface area contributed by atoms with Crippen molar-refractivity contribution in [1.29, 1.82) is 0 Å². The van der Waals surface area contributed by atoms with Gasteiger partial charge in [-0.1, -0.05) is 19.4 Å². The summed E-state index contributed by atoms with van der Waals surface area (Å²) in [6.45, 7) is 8.25. The fourth-order valence-electron chi connectivity index (χ4n) is 2.28. The molecule has 0 heterocycles. The lowest BCUT2D eigenvalue weighted by Gasteiger charge is -2.22. The molecule has 1 saturated carbocycles. The third-order valence-corrected chi connectivity index (χ3v) is 3.27. The second-order valence-corrected chi connectivity index (χ2v) is 4.29. The molecule has 2 rings (SSSR count). The van der Waals surface area contributed by atoms with E-state index in [0.717, 1.165) is 5.41 Å². The fourth-order valence-corrected chi connectivity index (χ4v) is 2.28. The van der Waals surface area contributed by atoms with E-state index in [2.05, 4.69) is 11.9 Å². The highest BCUT2D eigenvalue weighted by Gasteiger charge is 2.44. The Bertz CT molecular complexity index is 244. The van der Waals surface area contributed by atoms with Crippen LogP contribution in [0.25, 0.3) is 0 Å². The summed E-state index contributed by atoms with van der Waals surface area (Å²) < 4.78 is 0. The van der Waals surface area contributed by atoms with Crippen molar-refractivity contribution in [3.05, 3.63) is 11.3 Å². The van der Waals surface area contributed by atoms with Crippen molar-refractivity contribution in [2.45, 2.75) is 59.8 Å². The second kappa shape index (κ2) is 4.77. The first-order valence-electron chi connectivity index (χ1n) is 5.93. The highest BCUT2D eigenvalue weighted by molar-refractivity contribution is 5.55. The number of rotatable bonds is 1. The van der Waals surface area contributed by atoms with Gasteiger partial charge in [-0.15, -0.1) is 0 Å². The monoisotopic (exact) mass is 193 g/mol. The quantitative estimate of drug-likeness (QED) is 0.549. The van der Waals surface area contributed by atoms with Crippen LogP contribution in [0.15, 0.2) is 16.3 Å². The number of aliphatic imine (C=N–C) groups is 1. The van der Waals surface area contributed by atoms with Gasteiger partial charge in [0.15, 0.2) is 0 Å². The van der Waals surface area contributed by atoms with E-state index in [0.29, 0.717) is 0 Å². The first-order valence-corrected chi connectivity index (χ1v) is 5.93. The van der Waals surface area contributed by atoms with Gasteiger partial charge in [-0.05, 0) is 51.4 Å². The molecule has 1 heteroatoms. The molecule has 0 N–H and O–H groups in total. The Morgan fingerprint density at radius 2 is 1.86 bits per heavy atom. The Morgan fingerprint density at radius 3 is 2.29 bits per heavy atom. The van der Waals surface area contributed by atoms with Gasteiger partial charge in [0.2, 0.25) is 0 Å². The zero-order valence-corrected chi connectivity index (χ0v) is 10.1. The van der Waals surface area contributed by atoms with Gasteiger partial charge in [0.1, 0.15) is 0 Å². The standard InChI is InChI=1S/C11H17N.C2H6/c1-3-12-10-4-5-11(6-7-11)8-9(10)2;1-2/h3H,4-8H2,1-2H3;1-2H3. The molecule has 1 spiro atoms. The molecule has 0 aromatic carbocycles. The van der Waals surface area contributed by atoms with Crippen LogP contribution >= 0.6 is 0 Å². The lowest BCUT2D eigenvalue weighted by atomic mass is 9.85. The van der Waals surface area contributed by atoms with Crippen molar-refractivity contribution in [3.63, 3.8) is 0 Å². The molecular formula is C13H23N. The van der Waals surface area contributed by atoms with E-state index in [9.17, 15) is 0 Å². The Labute approximate surface area is 88.3 Å². The van der Waals surface area contributed by atoms with Crippen molar-refractivity contribution in [2.24, 2.45) is 10.4 Å². The minimum atomic E-state index is 0.747. The molecule has 0 aromatic rings. The van der Waals surface area contributed by atoms with Crippen LogP contribution in [0.2, 0.25) is 0 Å². The summed E-state index contributed by atoms with van der Waals surface area (Å²) in [5.74, 6) is 0. The zero-order chi connectivity index (χ0) is 10.6. The van der Waals surface area contributed by atoms with Crippen molar-refractivity contribution in [3.8, 4) is 0 Å². The largest absolute Gasteiger partial charge is 0.266 e. The fraction of sp³-hybridized carbons (Fsp3) is 0.769. The van der Waals surface area contributed by atoms with Crippen LogP contribution in [-0.2, 0) is 0 Å². The lowest BCUT2D eigenvalue weighted by Crippen LogP contribution is -2.08. The Morgan fingerprint density at radius 1 is 1.21 bits per heavy atom. The molecule has 0 amide bonds. The average molecular weight is 193 g/mol. The van der Waals surface area contributed by atoms with Gasteiger partial charge < -0.3 is 0 Å². The zero-order valence-electron chi connectivity index (χ0n) is 10.1.